The molecule has 21 heavy (non-hydrogen) atoms. The third kappa shape index (κ3) is 3.59. The average molecular weight is 349 g/mol. The highest BCUT2D eigenvalue weighted by molar-refractivity contribution is 9.09. The molecule has 2 aromatic carbocycles. The van der Waals surface area contributed by atoms with Gasteiger partial charge < -0.3 is 9.47 Å². The van der Waals surface area contributed by atoms with E-state index in [4.69, 9.17) is 9.47 Å². The van der Waals surface area contributed by atoms with Crippen LogP contribution in [0.2, 0.25) is 0 Å². The first-order chi connectivity index (χ1) is 10.1. The maximum absolute atomic E-state index is 5.46. The zero-order valence-electron chi connectivity index (χ0n) is 12.9. The smallest absolute Gasteiger partial charge is 0.123 e. The minimum Gasteiger partial charge on any atom is -0.497 e. The Bertz CT molecular complexity index is 591. The largest absolute Gasteiger partial charge is 0.497 e. The lowest BCUT2D eigenvalue weighted by Gasteiger charge is -2.16. The first-order valence-electron chi connectivity index (χ1n) is 7.02. The molecule has 0 aliphatic carbocycles. The molecular formula is C18H21BrO2. The lowest BCUT2D eigenvalue weighted by atomic mass is 9.98. The number of hydrogen-bond donors (Lipinski definition) is 0. The number of hydrogen-bond acceptors (Lipinski definition) is 2. The summed E-state index contributed by atoms with van der Waals surface area (Å²) in [5.74, 6) is 2.22. The molecule has 0 aliphatic rings. The van der Waals surface area contributed by atoms with Crippen molar-refractivity contribution in [3.63, 3.8) is 0 Å². The standard InChI is InChI=1S/C18H21BrO2/c1-12(2)13-5-7-14(8-6-13)18(19)16-11-15(20-3)9-10-17(16)21-4/h5-12,18H,1-4H3. The second-order valence-corrected chi connectivity index (χ2v) is 6.21. The van der Waals surface area contributed by atoms with Crippen LogP contribution in [0.25, 0.3) is 0 Å². The Hall–Kier alpha value is -1.48. The molecule has 0 saturated carbocycles. The van der Waals surface area contributed by atoms with Crippen LogP contribution in [-0.2, 0) is 0 Å². The molecule has 0 spiro atoms. The Labute approximate surface area is 135 Å². The Morgan fingerprint density at radius 1 is 0.857 bits per heavy atom. The summed E-state index contributed by atoms with van der Waals surface area (Å²) in [4.78, 5) is 0.0729. The van der Waals surface area contributed by atoms with E-state index in [0.29, 0.717) is 5.92 Å². The number of methoxy groups -OCH3 is 2. The van der Waals surface area contributed by atoms with Crippen molar-refractivity contribution >= 4 is 15.9 Å². The van der Waals surface area contributed by atoms with Gasteiger partial charge in [-0.3, -0.25) is 0 Å². The van der Waals surface area contributed by atoms with E-state index in [-0.39, 0.29) is 4.83 Å². The van der Waals surface area contributed by atoms with Crippen molar-refractivity contribution in [3.8, 4) is 11.5 Å². The molecule has 2 aromatic rings. The molecule has 2 nitrogen and oxygen atoms in total. The topological polar surface area (TPSA) is 18.5 Å². The summed E-state index contributed by atoms with van der Waals surface area (Å²) in [7, 11) is 3.36. The normalized spacial score (nSPS) is 12.3. The first kappa shape index (κ1) is 15.9. The summed E-state index contributed by atoms with van der Waals surface area (Å²) in [5.41, 5.74) is 3.61. The van der Waals surface area contributed by atoms with Gasteiger partial charge in [-0.1, -0.05) is 54.0 Å². The van der Waals surface area contributed by atoms with Gasteiger partial charge >= 0.3 is 0 Å². The maximum Gasteiger partial charge on any atom is 0.123 e. The van der Waals surface area contributed by atoms with Crippen LogP contribution in [0.15, 0.2) is 42.5 Å². The fraction of sp³-hybridized carbons (Fsp3) is 0.333. The van der Waals surface area contributed by atoms with E-state index < -0.39 is 0 Å². The SMILES string of the molecule is COc1ccc(OC)c(C(Br)c2ccc(C(C)C)cc2)c1. The van der Waals surface area contributed by atoms with Crippen molar-refractivity contribution in [2.45, 2.75) is 24.6 Å². The van der Waals surface area contributed by atoms with Crippen molar-refractivity contribution < 1.29 is 9.47 Å². The van der Waals surface area contributed by atoms with Gasteiger partial charge in [0.1, 0.15) is 11.5 Å². The molecule has 0 saturated heterocycles. The van der Waals surface area contributed by atoms with Gasteiger partial charge in [0.05, 0.1) is 19.0 Å². The van der Waals surface area contributed by atoms with Crippen LogP contribution in [0.1, 0.15) is 41.3 Å². The zero-order valence-corrected chi connectivity index (χ0v) is 14.5. The predicted octanol–water partition coefficient (Wildman–Crippen LogP) is 5.31. The van der Waals surface area contributed by atoms with E-state index in [2.05, 4.69) is 54.0 Å². The molecule has 112 valence electrons. The third-order valence-electron chi connectivity index (χ3n) is 3.61. The molecular weight excluding hydrogens is 328 g/mol. The number of benzene rings is 2. The molecule has 0 radical (unpaired) electrons. The fourth-order valence-electron chi connectivity index (χ4n) is 2.27. The van der Waals surface area contributed by atoms with E-state index >= 15 is 0 Å². The highest BCUT2D eigenvalue weighted by atomic mass is 79.9. The van der Waals surface area contributed by atoms with Crippen LogP contribution in [-0.4, -0.2) is 14.2 Å². The fourth-order valence-corrected chi connectivity index (χ4v) is 2.93. The Morgan fingerprint density at radius 2 is 1.48 bits per heavy atom. The molecule has 1 atom stereocenters. The van der Waals surface area contributed by atoms with Crippen molar-refractivity contribution in [1.82, 2.24) is 0 Å². The molecule has 3 heteroatoms. The second kappa shape index (κ2) is 6.99. The second-order valence-electron chi connectivity index (χ2n) is 5.29. The first-order valence-corrected chi connectivity index (χ1v) is 7.94. The summed E-state index contributed by atoms with van der Waals surface area (Å²) in [6.45, 7) is 4.40. The minimum absolute atomic E-state index is 0.0729. The van der Waals surface area contributed by atoms with Crippen LogP contribution >= 0.6 is 15.9 Å². The van der Waals surface area contributed by atoms with Crippen LogP contribution in [0, 0.1) is 0 Å². The van der Waals surface area contributed by atoms with Gasteiger partial charge in [0, 0.05) is 5.56 Å². The number of alkyl halides is 1. The van der Waals surface area contributed by atoms with E-state index in [1.165, 1.54) is 11.1 Å². The molecule has 0 heterocycles. The van der Waals surface area contributed by atoms with E-state index in [1.807, 2.05) is 18.2 Å². The van der Waals surface area contributed by atoms with Crippen molar-refractivity contribution in [3.05, 3.63) is 59.2 Å². The van der Waals surface area contributed by atoms with Gasteiger partial charge in [-0.15, -0.1) is 0 Å². The highest BCUT2D eigenvalue weighted by Gasteiger charge is 2.16. The molecule has 0 amide bonds. The van der Waals surface area contributed by atoms with Crippen molar-refractivity contribution in [2.24, 2.45) is 0 Å². The highest BCUT2D eigenvalue weighted by Crippen LogP contribution is 2.38. The Morgan fingerprint density at radius 3 is 2.00 bits per heavy atom. The van der Waals surface area contributed by atoms with Gasteiger partial charge in [0.2, 0.25) is 0 Å². The molecule has 0 aliphatic heterocycles. The van der Waals surface area contributed by atoms with Gasteiger partial charge in [-0.2, -0.15) is 0 Å². The van der Waals surface area contributed by atoms with Crippen LogP contribution in [0.5, 0.6) is 11.5 Å². The summed E-state index contributed by atoms with van der Waals surface area (Å²) in [5, 5.41) is 0. The van der Waals surface area contributed by atoms with Gasteiger partial charge in [0.15, 0.2) is 0 Å². The van der Waals surface area contributed by atoms with Crippen LogP contribution < -0.4 is 9.47 Å². The quantitative estimate of drug-likeness (QED) is 0.681. The lowest BCUT2D eigenvalue weighted by Crippen LogP contribution is -1.99. The Kier molecular flexibility index (Phi) is 5.29. The monoisotopic (exact) mass is 348 g/mol. The van der Waals surface area contributed by atoms with E-state index in [1.54, 1.807) is 14.2 Å². The molecule has 0 N–H and O–H groups in total. The van der Waals surface area contributed by atoms with Gasteiger partial charge in [-0.25, -0.2) is 0 Å². The molecule has 2 rings (SSSR count). The van der Waals surface area contributed by atoms with Gasteiger partial charge in [0.25, 0.3) is 0 Å². The number of ether oxygens (including phenoxy) is 2. The van der Waals surface area contributed by atoms with Crippen LogP contribution in [0.4, 0.5) is 0 Å². The summed E-state index contributed by atoms with van der Waals surface area (Å²) in [6, 6.07) is 14.5. The zero-order chi connectivity index (χ0) is 15.4. The summed E-state index contributed by atoms with van der Waals surface area (Å²) in [6.07, 6.45) is 0. The molecule has 0 bridgehead atoms. The van der Waals surface area contributed by atoms with E-state index in [0.717, 1.165) is 17.1 Å². The Balaban J connectivity index is 2.36. The molecule has 0 aromatic heterocycles. The lowest BCUT2D eigenvalue weighted by molar-refractivity contribution is 0.399. The maximum atomic E-state index is 5.46. The van der Waals surface area contributed by atoms with Crippen molar-refractivity contribution in [1.29, 1.82) is 0 Å². The summed E-state index contributed by atoms with van der Waals surface area (Å²) >= 11 is 3.78. The number of rotatable bonds is 5. The van der Waals surface area contributed by atoms with Crippen molar-refractivity contribution in [2.75, 3.05) is 14.2 Å². The molecule has 0 fully saturated rings. The molecule has 1 unspecified atom stereocenters. The number of halogens is 1. The van der Waals surface area contributed by atoms with E-state index in [9.17, 15) is 0 Å². The van der Waals surface area contributed by atoms with Crippen LogP contribution in [0.3, 0.4) is 0 Å². The average Bonchev–Trinajstić information content (AvgIpc) is 2.53. The summed E-state index contributed by atoms with van der Waals surface area (Å²) < 4.78 is 10.8. The third-order valence-corrected chi connectivity index (χ3v) is 4.63. The minimum atomic E-state index is 0.0729. The van der Waals surface area contributed by atoms with Gasteiger partial charge in [-0.05, 0) is 35.2 Å². The predicted molar refractivity (Wildman–Crippen MR) is 90.8 cm³/mol.